The van der Waals surface area contributed by atoms with E-state index in [0.29, 0.717) is 11.9 Å². The zero-order valence-electron chi connectivity index (χ0n) is 12.2. The second-order valence-corrected chi connectivity index (χ2v) is 5.49. The summed E-state index contributed by atoms with van der Waals surface area (Å²) in [6.45, 7) is 5.05. The van der Waals surface area contributed by atoms with Crippen molar-refractivity contribution in [1.82, 2.24) is 10.2 Å². The molecule has 1 atom stereocenters. The smallest absolute Gasteiger partial charge is 0.226 e. The number of halogens is 1. The Labute approximate surface area is 118 Å². The molecule has 0 aromatic rings. The van der Waals surface area contributed by atoms with Gasteiger partial charge in [0.15, 0.2) is 0 Å². The van der Waals surface area contributed by atoms with Gasteiger partial charge in [-0.25, -0.2) is 0 Å². The molecule has 1 aliphatic rings. The first kappa shape index (κ1) is 17.7. The summed E-state index contributed by atoms with van der Waals surface area (Å²) >= 11 is 0. The zero-order chi connectivity index (χ0) is 12.8. The van der Waals surface area contributed by atoms with E-state index in [1.54, 1.807) is 0 Å². The Balaban J connectivity index is 0.00000289. The minimum absolute atomic E-state index is 0. The van der Waals surface area contributed by atoms with Crippen LogP contribution in [-0.4, -0.2) is 37.5 Å². The Hall–Kier alpha value is -0.280. The van der Waals surface area contributed by atoms with Crippen molar-refractivity contribution < 1.29 is 4.79 Å². The molecule has 0 saturated heterocycles. The first-order valence-corrected chi connectivity index (χ1v) is 7.01. The van der Waals surface area contributed by atoms with E-state index >= 15 is 0 Å². The molecule has 0 spiro atoms. The fraction of sp³-hybridized carbons (Fsp3) is 0.929. The molecule has 0 heterocycles. The van der Waals surface area contributed by atoms with E-state index in [9.17, 15) is 4.79 Å². The lowest BCUT2D eigenvalue weighted by molar-refractivity contribution is -0.136. The van der Waals surface area contributed by atoms with E-state index in [4.69, 9.17) is 0 Å². The molecule has 108 valence electrons. The number of carbonyl (C=O) groups excluding carboxylic acids is 1. The third kappa shape index (κ3) is 4.77. The molecule has 1 unspecified atom stereocenters. The average molecular weight is 277 g/mol. The Morgan fingerprint density at radius 1 is 1.33 bits per heavy atom. The zero-order valence-corrected chi connectivity index (χ0v) is 13.1. The van der Waals surface area contributed by atoms with Crippen molar-refractivity contribution in [2.45, 2.75) is 52.0 Å². The fourth-order valence-corrected chi connectivity index (χ4v) is 2.86. The summed E-state index contributed by atoms with van der Waals surface area (Å²) < 4.78 is 0. The first-order valence-electron chi connectivity index (χ1n) is 7.01. The SMILES string of the molecule is CCC1CCC(N(C)C(=O)C(C)CNC)CC1.Cl. The summed E-state index contributed by atoms with van der Waals surface area (Å²) in [5.74, 6) is 1.28. The second kappa shape index (κ2) is 8.76. The van der Waals surface area contributed by atoms with Crippen LogP contribution in [0.3, 0.4) is 0 Å². The van der Waals surface area contributed by atoms with Crippen molar-refractivity contribution in [2.24, 2.45) is 11.8 Å². The van der Waals surface area contributed by atoms with Gasteiger partial charge in [-0.15, -0.1) is 12.4 Å². The van der Waals surface area contributed by atoms with E-state index in [-0.39, 0.29) is 18.3 Å². The molecular formula is C14H29ClN2O. The Morgan fingerprint density at radius 3 is 2.33 bits per heavy atom. The standard InChI is InChI=1S/C14H28N2O.ClH/c1-5-12-6-8-13(9-7-12)16(4)14(17)11(2)10-15-3;/h11-13,15H,5-10H2,1-4H3;1H. The molecule has 4 heteroatoms. The minimum atomic E-state index is 0. The molecule has 1 aliphatic carbocycles. The van der Waals surface area contributed by atoms with Gasteiger partial charge in [-0.2, -0.15) is 0 Å². The lowest BCUT2D eigenvalue weighted by Crippen LogP contribution is -2.43. The molecule has 0 aromatic heterocycles. The quantitative estimate of drug-likeness (QED) is 0.837. The van der Waals surface area contributed by atoms with Gasteiger partial charge in [0.2, 0.25) is 5.91 Å². The number of nitrogens with zero attached hydrogens (tertiary/aromatic N) is 1. The molecule has 1 fully saturated rings. The first-order chi connectivity index (χ1) is 8.10. The van der Waals surface area contributed by atoms with Crippen molar-refractivity contribution in [3.8, 4) is 0 Å². The number of hydrogen-bond donors (Lipinski definition) is 1. The number of amides is 1. The normalized spacial score (nSPS) is 25.1. The molecule has 0 radical (unpaired) electrons. The van der Waals surface area contributed by atoms with Crippen LogP contribution in [0.1, 0.15) is 46.0 Å². The summed E-state index contributed by atoms with van der Waals surface area (Å²) in [4.78, 5) is 14.2. The third-order valence-electron chi connectivity index (χ3n) is 4.22. The van der Waals surface area contributed by atoms with Crippen molar-refractivity contribution in [3.05, 3.63) is 0 Å². The van der Waals surface area contributed by atoms with Gasteiger partial charge < -0.3 is 10.2 Å². The molecule has 1 N–H and O–H groups in total. The number of nitrogens with one attached hydrogen (secondary N) is 1. The predicted octanol–water partition coefficient (Wildman–Crippen LogP) is 2.69. The van der Waals surface area contributed by atoms with Gasteiger partial charge >= 0.3 is 0 Å². The molecule has 0 bridgehead atoms. The predicted molar refractivity (Wildman–Crippen MR) is 79.1 cm³/mol. The van der Waals surface area contributed by atoms with Crippen molar-refractivity contribution >= 4 is 18.3 Å². The summed E-state index contributed by atoms with van der Waals surface area (Å²) in [6, 6.07) is 0.476. The van der Waals surface area contributed by atoms with E-state index in [2.05, 4.69) is 12.2 Å². The summed E-state index contributed by atoms with van der Waals surface area (Å²) in [5.41, 5.74) is 0. The van der Waals surface area contributed by atoms with Gasteiger partial charge in [-0.05, 0) is 38.6 Å². The molecule has 1 amide bonds. The molecule has 0 aromatic carbocycles. The van der Waals surface area contributed by atoms with Gasteiger partial charge in [0.25, 0.3) is 0 Å². The van der Waals surface area contributed by atoms with Crippen LogP contribution in [0.5, 0.6) is 0 Å². The summed E-state index contributed by atoms with van der Waals surface area (Å²) in [6.07, 6.45) is 6.25. The molecule has 18 heavy (non-hydrogen) atoms. The molecular weight excluding hydrogens is 248 g/mol. The lowest BCUT2D eigenvalue weighted by Gasteiger charge is -2.35. The van der Waals surface area contributed by atoms with Crippen LogP contribution in [0.4, 0.5) is 0 Å². The monoisotopic (exact) mass is 276 g/mol. The maximum absolute atomic E-state index is 12.2. The van der Waals surface area contributed by atoms with E-state index < -0.39 is 0 Å². The van der Waals surface area contributed by atoms with Crippen LogP contribution in [-0.2, 0) is 4.79 Å². The highest BCUT2D eigenvalue weighted by molar-refractivity contribution is 5.85. The molecule has 1 rings (SSSR count). The van der Waals surface area contributed by atoms with Gasteiger partial charge in [0.1, 0.15) is 0 Å². The molecule has 3 nitrogen and oxygen atoms in total. The topological polar surface area (TPSA) is 32.3 Å². The highest BCUT2D eigenvalue weighted by Crippen LogP contribution is 2.29. The minimum Gasteiger partial charge on any atom is -0.343 e. The summed E-state index contributed by atoms with van der Waals surface area (Å²) in [5, 5.41) is 3.07. The number of rotatable bonds is 5. The maximum Gasteiger partial charge on any atom is 0.226 e. The van der Waals surface area contributed by atoms with Crippen molar-refractivity contribution in [3.63, 3.8) is 0 Å². The van der Waals surface area contributed by atoms with Gasteiger partial charge in [-0.1, -0.05) is 20.3 Å². The van der Waals surface area contributed by atoms with E-state index in [1.165, 1.54) is 32.1 Å². The van der Waals surface area contributed by atoms with Crippen LogP contribution in [0.2, 0.25) is 0 Å². The van der Waals surface area contributed by atoms with Crippen LogP contribution < -0.4 is 5.32 Å². The molecule has 0 aliphatic heterocycles. The Morgan fingerprint density at radius 2 is 1.89 bits per heavy atom. The van der Waals surface area contributed by atoms with Crippen molar-refractivity contribution in [1.29, 1.82) is 0 Å². The van der Waals surface area contributed by atoms with Gasteiger partial charge in [0, 0.05) is 25.6 Å². The third-order valence-corrected chi connectivity index (χ3v) is 4.22. The second-order valence-electron chi connectivity index (χ2n) is 5.49. The van der Waals surface area contributed by atoms with Gasteiger partial charge in [-0.3, -0.25) is 4.79 Å². The largest absolute Gasteiger partial charge is 0.343 e. The maximum atomic E-state index is 12.2. The number of hydrogen-bond acceptors (Lipinski definition) is 2. The van der Waals surface area contributed by atoms with Crippen LogP contribution in [0, 0.1) is 11.8 Å². The summed E-state index contributed by atoms with van der Waals surface area (Å²) in [7, 11) is 3.88. The Kier molecular flexibility index (Phi) is 8.62. The van der Waals surface area contributed by atoms with Crippen molar-refractivity contribution in [2.75, 3.05) is 20.6 Å². The highest BCUT2D eigenvalue weighted by Gasteiger charge is 2.27. The lowest BCUT2D eigenvalue weighted by atomic mass is 9.84. The molecule has 1 saturated carbocycles. The highest BCUT2D eigenvalue weighted by atomic mass is 35.5. The Bertz CT molecular complexity index is 240. The van der Waals surface area contributed by atoms with Gasteiger partial charge in [0.05, 0.1) is 0 Å². The van der Waals surface area contributed by atoms with Crippen LogP contribution >= 0.6 is 12.4 Å². The number of carbonyl (C=O) groups is 1. The van der Waals surface area contributed by atoms with Crippen LogP contribution in [0.25, 0.3) is 0 Å². The van der Waals surface area contributed by atoms with E-state index in [1.807, 2.05) is 25.9 Å². The fourth-order valence-electron chi connectivity index (χ4n) is 2.86. The van der Waals surface area contributed by atoms with Crippen LogP contribution in [0.15, 0.2) is 0 Å². The van der Waals surface area contributed by atoms with E-state index in [0.717, 1.165) is 12.5 Å². The average Bonchev–Trinajstić information content (AvgIpc) is 2.37.